The zero-order valence-corrected chi connectivity index (χ0v) is 18.2. The molecule has 0 bridgehead atoms. The SMILES string of the molecule is CCC(NC(=O)c1ccc2c(c1)C(=O)N(CCCOC)C2=O)c1ccc2c(c1)OCCO2. The zero-order chi connectivity index (χ0) is 22.7. The van der Waals surface area contributed by atoms with E-state index in [2.05, 4.69) is 5.32 Å². The first-order valence-electron chi connectivity index (χ1n) is 10.7. The Morgan fingerprint density at radius 1 is 1.06 bits per heavy atom. The molecule has 0 saturated carbocycles. The second kappa shape index (κ2) is 9.40. The summed E-state index contributed by atoms with van der Waals surface area (Å²) in [7, 11) is 1.57. The summed E-state index contributed by atoms with van der Waals surface area (Å²) < 4.78 is 16.2. The molecule has 0 aliphatic carbocycles. The van der Waals surface area contributed by atoms with Crippen molar-refractivity contribution in [2.75, 3.05) is 33.5 Å². The van der Waals surface area contributed by atoms with Gasteiger partial charge in [-0.15, -0.1) is 0 Å². The molecule has 1 atom stereocenters. The van der Waals surface area contributed by atoms with Gasteiger partial charge in [-0.05, 0) is 48.7 Å². The molecule has 1 N–H and O–H groups in total. The highest BCUT2D eigenvalue weighted by molar-refractivity contribution is 6.22. The molecule has 168 valence electrons. The second-order valence-corrected chi connectivity index (χ2v) is 7.71. The first kappa shape index (κ1) is 21.8. The number of methoxy groups -OCH3 is 1. The topological polar surface area (TPSA) is 94.2 Å². The minimum atomic E-state index is -0.380. The summed E-state index contributed by atoms with van der Waals surface area (Å²) in [6.07, 6.45) is 1.23. The zero-order valence-electron chi connectivity index (χ0n) is 18.2. The lowest BCUT2D eigenvalue weighted by Gasteiger charge is -2.22. The van der Waals surface area contributed by atoms with E-state index in [-0.39, 0.29) is 35.9 Å². The minimum Gasteiger partial charge on any atom is -0.486 e. The van der Waals surface area contributed by atoms with E-state index in [9.17, 15) is 14.4 Å². The van der Waals surface area contributed by atoms with Crippen LogP contribution in [0.3, 0.4) is 0 Å². The molecule has 32 heavy (non-hydrogen) atoms. The summed E-state index contributed by atoms with van der Waals surface area (Å²) in [5, 5.41) is 3.01. The van der Waals surface area contributed by atoms with Crippen LogP contribution in [0.5, 0.6) is 11.5 Å². The van der Waals surface area contributed by atoms with Gasteiger partial charge in [0.25, 0.3) is 17.7 Å². The first-order chi connectivity index (χ1) is 15.5. The highest BCUT2D eigenvalue weighted by Crippen LogP contribution is 2.33. The second-order valence-electron chi connectivity index (χ2n) is 7.71. The van der Waals surface area contributed by atoms with Gasteiger partial charge in [0.1, 0.15) is 13.2 Å². The molecule has 4 rings (SSSR count). The number of carbonyl (C=O) groups is 3. The molecule has 2 aliphatic heterocycles. The first-order valence-corrected chi connectivity index (χ1v) is 10.7. The van der Waals surface area contributed by atoms with Crippen LogP contribution in [0.15, 0.2) is 36.4 Å². The highest BCUT2D eigenvalue weighted by atomic mass is 16.6. The molecule has 1 unspecified atom stereocenters. The van der Waals surface area contributed by atoms with Crippen molar-refractivity contribution in [1.29, 1.82) is 0 Å². The van der Waals surface area contributed by atoms with Gasteiger partial charge in [0.05, 0.1) is 17.2 Å². The third kappa shape index (κ3) is 4.18. The average molecular weight is 438 g/mol. The lowest BCUT2D eigenvalue weighted by atomic mass is 10.0. The van der Waals surface area contributed by atoms with E-state index in [1.165, 1.54) is 11.0 Å². The van der Waals surface area contributed by atoms with Crippen LogP contribution < -0.4 is 14.8 Å². The Labute approximate surface area is 186 Å². The Bertz CT molecular complexity index is 1050. The van der Waals surface area contributed by atoms with Crippen LogP contribution in [0, 0.1) is 0 Å². The summed E-state index contributed by atoms with van der Waals surface area (Å²) in [6, 6.07) is 10.0. The van der Waals surface area contributed by atoms with E-state index in [0.717, 1.165) is 5.56 Å². The molecule has 0 radical (unpaired) electrons. The Kier molecular flexibility index (Phi) is 6.41. The fraction of sp³-hybridized carbons (Fsp3) is 0.375. The predicted octanol–water partition coefficient (Wildman–Crippen LogP) is 2.97. The van der Waals surface area contributed by atoms with Crippen molar-refractivity contribution in [3.05, 3.63) is 58.7 Å². The van der Waals surface area contributed by atoms with Gasteiger partial charge in [0.2, 0.25) is 0 Å². The monoisotopic (exact) mass is 438 g/mol. The molecule has 2 aliphatic rings. The van der Waals surface area contributed by atoms with Gasteiger partial charge >= 0.3 is 0 Å². The molecular formula is C24H26N2O6. The number of fused-ring (bicyclic) bond motifs is 2. The summed E-state index contributed by atoms with van der Waals surface area (Å²) in [6.45, 7) is 3.72. The normalized spacial score (nSPS) is 15.5. The molecule has 0 saturated heterocycles. The fourth-order valence-corrected chi connectivity index (χ4v) is 3.94. The molecule has 2 aromatic carbocycles. The van der Waals surface area contributed by atoms with Crippen LogP contribution in [0.1, 0.15) is 62.4 Å². The summed E-state index contributed by atoms with van der Waals surface area (Å²) in [5.41, 5.74) is 1.82. The Morgan fingerprint density at radius 2 is 1.81 bits per heavy atom. The number of benzene rings is 2. The number of amides is 3. The number of rotatable bonds is 8. The third-order valence-corrected chi connectivity index (χ3v) is 5.65. The summed E-state index contributed by atoms with van der Waals surface area (Å²) in [5.74, 6) is 0.327. The molecule has 0 spiro atoms. The smallest absolute Gasteiger partial charge is 0.261 e. The average Bonchev–Trinajstić information content (AvgIpc) is 3.06. The lowest BCUT2D eigenvalue weighted by Crippen LogP contribution is -2.31. The van der Waals surface area contributed by atoms with Crippen molar-refractivity contribution >= 4 is 17.7 Å². The van der Waals surface area contributed by atoms with Crippen LogP contribution in [0.2, 0.25) is 0 Å². The number of carbonyl (C=O) groups excluding carboxylic acids is 3. The number of ether oxygens (including phenoxy) is 3. The van der Waals surface area contributed by atoms with E-state index in [1.54, 1.807) is 19.2 Å². The van der Waals surface area contributed by atoms with Gasteiger partial charge in [-0.1, -0.05) is 13.0 Å². The molecule has 3 amide bonds. The maximum atomic E-state index is 13.0. The van der Waals surface area contributed by atoms with Gasteiger partial charge in [-0.3, -0.25) is 19.3 Å². The van der Waals surface area contributed by atoms with Crippen LogP contribution in [0.4, 0.5) is 0 Å². The van der Waals surface area contributed by atoms with Gasteiger partial charge in [0.15, 0.2) is 11.5 Å². The Morgan fingerprint density at radius 3 is 2.56 bits per heavy atom. The predicted molar refractivity (Wildman–Crippen MR) is 116 cm³/mol. The largest absolute Gasteiger partial charge is 0.486 e. The van der Waals surface area contributed by atoms with Gasteiger partial charge < -0.3 is 19.5 Å². The van der Waals surface area contributed by atoms with Crippen molar-refractivity contribution in [3.63, 3.8) is 0 Å². The third-order valence-electron chi connectivity index (χ3n) is 5.65. The van der Waals surface area contributed by atoms with Crippen LogP contribution in [-0.2, 0) is 4.74 Å². The molecule has 8 heteroatoms. The lowest BCUT2D eigenvalue weighted by molar-refractivity contribution is 0.0638. The Hall–Kier alpha value is -3.39. The molecule has 0 fully saturated rings. The minimum absolute atomic E-state index is 0.241. The molecule has 0 aromatic heterocycles. The van der Waals surface area contributed by atoms with Crippen molar-refractivity contribution in [3.8, 4) is 11.5 Å². The van der Waals surface area contributed by atoms with E-state index in [0.29, 0.717) is 55.3 Å². The number of hydrogen-bond acceptors (Lipinski definition) is 6. The van der Waals surface area contributed by atoms with Gasteiger partial charge in [-0.2, -0.15) is 0 Å². The van der Waals surface area contributed by atoms with E-state index < -0.39 is 0 Å². The van der Waals surface area contributed by atoms with Crippen LogP contribution >= 0.6 is 0 Å². The fourth-order valence-electron chi connectivity index (χ4n) is 3.94. The summed E-state index contributed by atoms with van der Waals surface area (Å²) in [4.78, 5) is 39.4. The number of nitrogens with zero attached hydrogens (tertiary/aromatic N) is 1. The maximum absolute atomic E-state index is 13.0. The Balaban J connectivity index is 1.50. The van der Waals surface area contributed by atoms with E-state index >= 15 is 0 Å². The molecule has 2 aromatic rings. The number of nitrogens with one attached hydrogen (secondary N) is 1. The quantitative estimate of drug-likeness (QED) is 0.503. The number of imide groups is 1. The molecule has 8 nitrogen and oxygen atoms in total. The summed E-state index contributed by atoms with van der Waals surface area (Å²) >= 11 is 0. The highest BCUT2D eigenvalue weighted by Gasteiger charge is 2.35. The number of hydrogen-bond donors (Lipinski definition) is 1. The van der Waals surface area contributed by atoms with Crippen molar-refractivity contribution in [1.82, 2.24) is 10.2 Å². The van der Waals surface area contributed by atoms with Crippen molar-refractivity contribution < 1.29 is 28.6 Å². The van der Waals surface area contributed by atoms with Gasteiger partial charge in [-0.25, -0.2) is 0 Å². The molecule has 2 heterocycles. The van der Waals surface area contributed by atoms with Crippen LogP contribution in [0.25, 0.3) is 0 Å². The van der Waals surface area contributed by atoms with Crippen LogP contribution in [-0.4, -0.2) is 56.1 Å². The standard InChI is InChI=1S/C24H26N2O6/c1-3-19(15-6-8-20-21(14-15)32-12-11-31-20)25-22(27)16-5-7-17-18(13-16)24(29)26(23(17)28)9-4-10-30-2/h5-8,13-14,19H,3-4,9-12H2,1-2H3,(H,25,27). The van der Waals surface area contributed by atoms with Gasteiger partial charge in [0, 0.05) is 25.8 Å². The molecular weight excluding hydrogens is 412 g/mol. The van der Waals surface area contributed by atoms with Crippen molar-refractivity contribution in [2.24, 2.45) is 0 Å². The van der Waals surface area contributed by atoms with Crippen molar-refractivity contribution in [2.45, 2.75) is 25.8 Å². The van der Waals surface area contributed by atoms with E-state index in [1.807, 2.05) is 25.1 Å². The van der Waals surface area contributed by atoms with E-state index in [4.69, 9.17) is 14.2 Å². The maximum Gasteiger partial charge on any atom is 0.261 e.